The second-order valence-electron chi connectivity index (χ2n) is 6.68. The van der Waals surface area contributed by atoms with Crippen molar-refractivity contribution in [1.82, 2.24) is 4.57 Å². The largest absolute Gasteiger partial charge is 0.505 e. The lowest BCUT2D eigenvalue weighted by Crippen LogP contribution is -2.25. The van der Waals surface area contributed by atoms with E-state index in [9.17, 15) is 14.7 Å². The maximum absolute atomic E-state index is 12.9. The van der Waals surface area contributed by atoms with Gasteiger partial charge in [-0.05, 0) is 31.0 Å². The van der Waals surface area contributed by atoms with Gasteiger partial charge in [0.15, 0.2) is 5.75 Å². The number of fused-ring (bicyclic) bond motifs is 1. The Balaban J connectivity index is 2.19. The molecular formula is C20H21NO5S. The summed E-state index contributed by atoms with van der Waals surface area (Å²) < 4.78 is 12.1. The molecule has 0 unspecified atom stereocenters. The highest BCUT2D eigenvalue weighted by atomic mass is 32.2. The van der Waals surface area contributed by atoms with Gasteiger partial charge in [-0.3, -0.25) is 4.79 Å². The molecule has 0 aliphatic rings. The first-order valence-corrected chi connectivity index (χ1v) is 9.35. The Labute approximate surface area is 160 Å². The zero-order valence-corrected chi connectivity index (χ0v) is 16.4. The SMILES string of the molecule is COc1cccc(Sc2c(O)c3c(=O)n(CC(C)C)c(C)cc3oc2=O)c1. The van der Waals surface area contributed by atoms with Crippen LogP contribution in [0.2, 0.25) is 0 Å². The minimum atomic E-state index is -0.687. The van der Waals surface area contributed by atoms with Crippen LogP contribution in [0.25, 0.3) is 11.0 Å². The van der Waals surface area contributed by atoms with Crippen molar-refractivity contribution in [2.24, 2.45) is 5.92 Å². The topological polar surface area (TPSA) is 81.7 Å². The van der Waals surface area contributed by atoms with Gasteiger partial charge in [0.05, 0.1) is 7.11 Å². The van der Waals surface area contributed by atoms with Crippen LogP contribution in [0.5, 0.6) is 11.5 Å². The lowest BCUT2D eigenvalue weighted by Gasteiger charge is -2.14. The molecule has 0 bridgehead atoms. The number of nitrogens with zero attached hydrogens (tertiary/aromatic N) is 1. The van der Waals surface area contributed by atoms with Gasteiger partial charge in [-0.1, -0.05) is 31.7 Å². The minimum absolute atomic E-state index is 0.0197. The summed E-state index contributed by atoms with van der Waals surface area (Å²) in [6.07, 6.45) is 0. The Hall–Kier alpha value is -2.67. The van der Waals surface area contributed by atoms with E-state index in [4.69, 9.17) is 9.15 Å². The zero-order chi connectivity index (χ0) is 19.7. The normalized spacial score (nSPS) is 11.3. The highest BCUT2D eigenvalue weighted by Crippen LogP contribution is 2.36. The summed E-state index contributed by atoms with van der Waals surface area (Å²) in [7, 11) is 1.55. The molecule has 0 amide bonds. The fraction of sp³-hybridized carbons (Fsp3) is 0.300. The summed E-state index contributed by atoms with van der Waals surface area (Å²) >= 11 is 1.03. The lowest BCUT2D eigenvalue weighted by molar-refractivity contribution is 0.413. The van der Waals surface area contributed by atoms with Gasteiger partial charge in [0.2, 0.25) is 0 Å². The molecule has 2 aromatic heterocycles. The summed E-state index contributed by atoms with van der Waals surface area (Å²) in [5.41, 5.74) is -0.285. The van der Waals surface area contributed by atoms with Crippen LogP contribution in [0.1, 0.15) is 19.5 Å². The summed E-state index contributed by atoms with van der Waals surface area (Å²) in [4.78, 5) is 26.0. The molecule has 0 spiro atoms. The first-order valence-electron chi connectivity index (χ1n) is 8.54. The highest BCUT2D eigenvalue weighted by Gasteiger charge is 2.20. The van der Waals surface area contributed by atoms with Gasteiger partial charge in [-0.15, -0.1) is 0 Å². The first kappa shape index (κ1) is 19.1. The number of ether oxygens (including phenoxy) is 1. The summed E-state index contributed by atoms with van der Waals surface area (Å²) in [6, 6.07) is 8.68. The number of methoxy groups -OCH3 is 1. The number of aryl methyl sites for hydroxylation is 1. The van der Waals surface area contributed by atoms with Crippen LogP contribution >= 0.6 is 11.8 Å². The third-order valence-electron chi connectivity index (χ3n) is 4.12. The first-order chi connectivity index (χ1) is 12.8. The maximum atomic E-state index is 12.9. The van der Waals surface area contributed by atoms with Crippen molar-refractivity contribution in [2.75, 3.05) is 7.11 Å². The molecule has 3 aromatic rings. The average molecular weight is 387 g/mol. The summed E-state index contributed by atoms with van der Waals surface area (Å²) in [5, 5.41) is 10.7. The molecule has 3 rings (SSSR count). The van der Waals surface area contributed by atoms with Gasteiger partial charge in [-0.2, -0.15) is 0 Å². The maximum Gasteiger partial charge on any atom is 0.354 e. The number of pyridine rings is 1. The van der Waals surface area contributed by atoms with E-state index in [0.717, 1.165) is 11.8 Å². The fourth-order valence-electron chi connectivity index (χ4n) is 2.86. The number of rotatable bonds is 5. The monoisotopic (exact) mass is 387 g/mol. The second-order valence-corrected chi connectivity index (χ2v) is 7.77. The molecule has 142 valence electrons. The van der Waals surface area contributed by atoms with Gasteiger partial charge < -0.3 is 18.8 Å². The van der Waals surface area contributed by atoms with Crippen LogP contribution in [0.4, 0.5) is 0 Å². The quantitative estimate of drug-likeness (QED) is 0.717. The van der Waals surface area contributed by atoms with Crippen molar-refractivity contribution in [2.45, 2.75) is 37.1 Å². The number of hydrogen-bond acceptors (Lipinski definition) is 6. The predicted molar refractivity (Wildman–Crippen MR) is 105 cm³/mol. The predicted octanol–water partition coefficient (Wildman–Crippen LogP) is 3.78. The number of aromatic hydroxyl groups is 1. The molecule has 1 aromatic carbocycles. The highest BCUT2D eigenvalue weighted by molar-refractivity contribution is 7.99. The van der Waals surface area contributed by atoms with E-state index < -0.39 is 5.63 Å². The molecular weight excluding hydrogens is 366 g/mol. The molecule has 0 fully saturated rings. The smallest absolute Gasteiger partial charge is 0.354 e. The van der Waals surface area contributed by atoms with Crippen LogP contribution in [-0.2, 0) is 6.54 Å². The molecule has 0 aliphatic heterocycles. The molecule has 7 heteroatoms. The summed E-state index contributed by atoms with van der Waals surface area (Å²) in [5.74, 6) is 0.526. The van der Waals surface area contributed by atoms with Gasteiger partial charge in [0, 0.05) is 23.2 Å². The minimum Gasteiger partial charge on any atom is -0.505 e. The van der Waals surface area contributed by atoms with E-state index >= 15 is 0 Å². The van der Waals surface area contributed by atoms with Crippen LogP contribution < -0.4 is 15.9 Å². The Morgan fingerprint density at radius 2 is 2.00 bits per heavy atom. The van der Waals surface area contributed by atoms with Gasteiger partial charge in [0.1, 0.15) is 21.6 Å². The van der Waals surface area contributed by atoms with E-state index in [1.54, 1.807) is 48.9 Å². The molecule has 6 nitrogen and oxygen atoms in total. The van der Waals surface area contributed by atoms with Gasteiger partial charge in [0.25, 0.3) is 5.56 Å². The molecule has 0 aliphatic carbocycles. The van der Waals surface area contributed by atoms with Crippen LogP contribution in [0.3, 0.4) is 0 Å². The molecule has 0 atom stereocenters. The van der Waals surface area contributed by atoms with E-state index in [0.29, 0.717) is 22.9 Å². The molecule has 27 heavy (non-hydrogen) atoms. The van der Waals surface area contributed by atoms with Crippen LogP contribution in [0, 0.1) is 12.8 Å². The lowest BCUT2D eigenvalue weighted by atomic mass is 10.2. The Kier molecular flexibility index (Phi) is 5.32. The van der Waals surface area contributed by atoms with Crippen molar-refractivity contribution in [3.63, 3.8) is 0 Å². The van der Waals surface area contributed by atoms with Crippen molar-refractivity contribution >= 4 is 22.7 Å². The van der Waals surface area contributed by atoms with Crippen molar-refractivity contribution in [3.8, 4) is 11.5 Å². The Morgan fingerprint density at radius 1 is 1.26 bits per heavy atom. The average Bonchev–Trinajstić information content (AvgIpc) is 2.61. The number of benzene rings is 1. The molecule has 1 N–H and O–H groups in total. The molecule has 0 saturated heterocycles. The molecule has 0 saturated carbocycles. The van der Waals surface area contributed by atoms with Gasteiger partial charge in [-0.25, -0.2) is 4.79 Å². The standard InChI is InChI=1S/C20H21NO5S/c1-11(2)10-21-12(3)8-15-16(19(21)23)17(22)18(20(24)26-15)27-14-7-5-6-13(9-14)25-4/h5-9,11,22H,10H2,1-4H3. The Bertz CT molecular complexity index is 1110. The number of aromatic nitrogens is 1. The van der Waals surface area contributed by atoms with Crippen LogP contribution in [0.15, 0.2) is 54.1 Å². The van der Waals surface area contributed by atoms with E-state index in [-0.39, 0.29) is 33.1 Å². The third-order valence-corrected chi connectivity index (χ3v) is 5.17. The molecule has 2 heterocycles. The Morgan fingerprint density at radius 3 is 2.67 bits per heavy atom. The third kappa shape index (κ3) is 3.73. The van der Waals surface area contributed by atoms with Gasteiger partial charge >= 0.3 is 5.63 Å². The van der Waals surface area contributed by atoms with E-state index in [1.165, 1.54) is 0 Å². The molecule has 0 radical (unpaired) electrons. The summed E-state index contributed by atoms with van der Waals surface area (Å²) in [6.45, 7) is 6.30. The van der Waals surface area contributed by atoms with Crippen molar-refractivity contribution in [3.05, 3.63) is 56.8 Å². The van der Waals surface area contributed by atoms with Crippen LogP contribution in [-0.4, -0.2) is 16.8 Å². The second kappa shape index (κ2) is 7.52. The van der Waals surface area contributed by atoms with Crippen molar-refractivity contribution in [1.29, 1.82) is 0 Å². The van der Waals surface area contributed by atoms with E-state index in [1.807, 2.05) is 13.8 Å². The zero-order valence-electron chi connectivity index (χ0n) is 15.6. The van der Waals surface area contributed by atoms with Crippen molar-refractivity contribution < 1.29 is 14.3 Å². The fourth-order valence-corrected chi connectivity index (χ4v) is 3.74. The van der Waals surface area contributed by atoms with E-state index in [2.05, 4.69) is 0 Å². The number of hydrogen-bond donors (Lipinski definition) is 1.